The molecule has 3 N–H and O–H groups in total. The topological polar surface area (TPSA) is 112 Å². The van der Waals surface area contributed by atoms with Gasteiger partial charge in [-0.3, -0.25) is 9.59 Å². The maximum absolute atomic E-state index is 12.7. The van der Waals surface area contributed by atoms with Crippen LogP contribution in [0.5, 0.6) is 0 Å². The van der Waals surface area contributed by atoms with Crippen LogP contribution in [0.2, 0.25) is 0 Å². The molecule has 3 heterocycles. The summed E-state index contributed by atoms with van der Waals surface area (Å²) in [5, 5.41) is 23.1. The number of aliphatic hydroxyl groups is 2. The molecule has 2 aliphatic rings. The Morgan fingerprint density at radius 1 is 1.11 bits per heavy atom. The number of aliphatic hydroxyl groups excluding tert-OH is 2. The second kappa shape index (κ2) is 7.75. The second-order valence-electron chi connectivity index (χ2n) is 7.01. The van der Waals surface area contributed by atoms with Crippen molar-refractivity contribution in [1.82, 2.24) is 5.32 Å². The standard InChI is InChI=1S/C20H22N2O6/c23-17(22-8-7-12-4-1-2-5-13(12)22)10-15-18(24)19(25)16(28-15)11-21-20(26)14-6-3-9-27-14/h1-6,9,15-16,18-19,24-25H,7-8,10-11H2,(H,21,26). The lowest BCUT2D eigenvalue weighted by Gasteiger charge is -2.21. The smallest absolute Gasteiger partial charge is 0.287 e. The van der Waals surface area contributed by atoms with Gasteiger partial charge in [0.25, 0.3) is 5.91 Å². The van der Waals surface area contributed by atoms with E-state index in [9.17, 15) is 19.8 Å². The Morgan fingerprint density at radius 2 is 1.89 bits per heavy atom. The Kier molecular flexibility index (Phi) is 5.17. The quantitative estimate of drug-likeness (QED) is 0.689. The van der Waals surface area contributed by atoms with Crippen LogP contribution < -0.4 is 10.2 Å². The number of benzene rings is 1. The summed E-state index contributed by atoms with van der Waals surface area (Å²) in [5.41, 5.74) is 1.99. The van der Waals surface area contributed by atoms with E-state index < -0.39 is 30.3 Å². The van der Waals surface area contributed by atoms with Gasteiger partial charge >= 0.3 is 0 Å². The first kappa shape index (κ1) is 18.7. The molecule has 1 fully saturated rings. The van der Waals surface area contributed by atoms with E-state index in [4.69, 9.17) is 9.15 Å². The molecule has 0 saturated carbocycles. The normalized spacial score (nSPS) is 26.3. The first-order chi connectivity index (χ1) is 13.5. The van der Waals surface area contributed by atoms with Gasteiger partial charge in [0.15, 0.2) is 5.76 Å². The average molecular weight is 386 g/mol. The summed E-state index contributed by atoms with van der Waals surface area (Å²) in [5.74, 6) is -0.461. The first-order valence-electron chi connectivity index (χ1n) is 9.26. The van der Waals surface area contributed by atoms with E-state index >= 15 is 0 Å². The number of nitrogens with one attached hydrogen (secondary N) is 1. The Morgan fingerprint density at radius 3 is 2.68 bits per heavy atom. The summed E-state index contributed by atoms with van der Waals surface area (Å²) in [7, 11) is 0. The number of ether oxygens (including phenoxy) is 1. The Labute approximate surface area is 161 Å². The van der Waals surface area contributed by atoms with Crippen molar-refractivity contribution < 1.29 is 29.0 Å². The van der Waals surface area contributed by atoms with Crippen molar-refractivity contribution >= 4 is 17.5 Å². The number of amides is 2. The second-order valence-corrected chi connectivity index (χ2v) is 7.01. The predicted octanol–water partition coefficient (Wildman–Crippen LogP) is 0.478. The van der Waals surface area contributed by atoms with Crippen LogP contribution in [-0.2, 0) is 16.0 Å². The van der Waals surface area contributed by atoms with E-state index in [0.717, 1.165) is 17.7 Å². The molecule has 4 rings (SSSR count). The third-order valence-corrected chi connectivity index (χ3v) is 5.23. The van der Waals surface area contributed by atoms with Gasteiger partial charge in [0.1, 0.15) is 18.3 Å². The minimum absolute atomic E-state index is 0.00496. The molecular formula is C20H22N2O6. The van der Waals surface area contributed by atoms with Gasteiger partial charge in [-0.2, -0.15) is 0 Å². The Hall–Kier alpha value is -2.68. The minimum Gasteiger partial charge on any atom is -0.459 e. The summed E-state index contributed by atoms with van der Waals surface area (Å²) in [4.78, 5) is 26.3. The highest BCUT2D eigenvalue weighted by atomic mass is 16.5. The van der Waals surface area contributed by atoms with Crippen LogP contribution in [0.4, 0.5) is 5.69 Å². The lowest BCUT2D eigenvalue weighted by molar-refractivity contribution is -0.122. The number of anilines is 1. The van der Waals surface area contributed by atoms with Crippen LogP contribution >= 0.6 is 0 Å². The number of hydrogen-bond donors (Lipinski definition) is 3. The fourth-order valence-corrected chi connectivity index (χ4v) is 3.73. The molecule has 28 heavy (non-hydrogen) atoms. The Balaban J connectivity index is 1.34. The molecule has 0 bridgehead atoms. The molecule has 0 spiro atoms. The summed E-state index contributed by atoms with van der Waals surface area (Å²) in [6.45, 7) is 0.585. The van der Waals surface area contributed by atoms with Crippen LogP contribution in [0.15, 0.2) is 47.1 Å². The van der Waals surface area contributed by atoms with Gasteiger partial charge in [-0.25, -0.2) is 0 Å². The fourth-order valence-electron chi connectivity index (χ4n) is 3.73. The maximum Gasteiger partial charge on any atom is 0.287 e. The van der Waals surface area contributed by atoms with Crippen molar-refractivity contribution in [3.05, 3.63) is 54.0 Å². The number of furan rings is 1. The number of rotatable bonds is 5. The molecule has 2 aliphatic heterocycles. The summed E-state index contributed by atoms with van der Waals surface area (Å²) >= 11 is 0. The van der Waals surface area contributed by atoms with Gasteiger partial charge in [0, 0.05) is 18.8 Å². The minimum atomic E-state index is -1.20. The molecule has 1 aromatic heterocycles. The fraction of sp³-hybridized carbons (Fsp3) is 0.400. The monoisotopic (exact) mass is 386 g/mol. The Bertz CT molecular complexity index is 852. The number of carbonyl (C=O) groups is 2. The lowest BCUT2D eigenvalue weighted by atomic mass is 10.0. The van der Waals surface area contributed by atoms with E-state index in [1.807, 2.05) is 24.3 Å². The van der Waals surface area contributed by atoms with Crippen LogP contribution in [0.3, 0.4) is 0 Å². The number of hydrogen-bond acceptors (Lipinski definition) is 6. The van der Waals surface area contributed by atoms with Crippen molar-refractivity contribution in [2.24, 2.45) is 0 Å². The van der Waals surface area contributed by atoms with Crippen molar-refractivity contribution in [1.29, 1.82) is 0 Å². The number of fused-ring (bicyclic) bond motifs is 1. The molecular weight excluding hydrogens is 364 g/mol. The third kappa shape index (κ3) is 3.54. The van der Waals surface area contributed by atoms with Gasteiger partial charge in [-0.05, 0) is 30.2 Å². The lowest BCUT2D eigenvalue weighted by Crippen LogP contribution is -2.40. The molecule has 148 valence electrons. The zero-order valence-electron chi connectivity index (χ0n) is 15.2. The number of para-hydroxylation sites is 1. The van der Waals surface area contributed by atoms with E-state index in [1.165, 1.54) is 12.3 Å². The molecule has 4 unspecified atom stereocenters. The van der Waals surface area contributed by atoms with E-state index in [0.29, 0.717) is 6.54 Å². The molecule has 1 aromatic carbocycles. The highest BCUT2D eigenvalue weighted by molar-refractivity contribution is 5.95. The molecule has 8 nitrogen and oxygen atoms in total. The molecule has 4 atom stereocenters. The van der Waals surface area contributed by atoms with E-state index in [2.05, 4.69) is 5.32 Å². The van der Waals surface area contributed by atoms with Gasteiger partial charge in [0.2, 0.25) is 5.91 Å². The van der Waals surface area contributed by atoms with E-state index in [1.54, 1.807) is 11.0 Å². The zero-order chi connectivity index (χ0) is 19.7. The molecule has 2 amide bonds. The molecule has 2 aromatic rings. The highest BCUT2D eigenvalue weighted by Gasteiger charge is 2.44. The molecule has 0 radical (unpaired) electrons. The molecule has 1 saturated heterocycles. The van der Waals surface area contributed by atoms with Crippen LogP contribution in [0.25, 0.3) is 0 Å². The van der Waals surface area contributed by atoms with Gasteiger partial charge in [-0.15, -0.1) is 0 Å². The maximum atomic E-state index is 12.7. The van der Waals surface area contributed by atoms with Gasteiger partial charge in [0.05, 0.1) is 18.8 Å². The molecule has 8 heteroatoms. The van der Waals surface area contributed by atoms with Crippen molar-refractivity contribution in [3.63, 3.8) is 0 Å². The van der Waals surface area contributed by atoms with Crippen molar-refractivity contribution in [3.8, 4) is 0 Å². The number of carbonyl (C=O) groups excluding carboxylic acids is 2. The van der Waals surface area contributed by atoms with Gasteiger partial charge < -0.3 is 29.6 Å². The summed E-state index contributed by atoms with van der Waals surface area (Å²) in [6.07, 6.45) is -1.90. The van der Waals surface area contributed by atoms with Crippen LogP contribution in [0.1, 0.15) is 22.5 Å². The van der Waals surface area contributed by atoms with E-state index in [-0.39, 0.29) is 24.6 Å². The summed E-state index contributed by atoms with van der Waals surface area (Å²) < 4.78 is 10.7. The van der Waals surface area contributed by atoms with Crippen LogP contribution in [0, 0.1) is 0 Å². The first-order valence-corrected chi connectivity index (χ1v) is 9.26. The third-order valence-electron chi connectivity index (χ3n) is 5.23. The number of nitrogens with zero attached hydrogens (tertiary/aromatic N) is 1. The SMILES string of the molecule is O=C(NCC1OC(CC(=O)N2CCc3ccccc32)C(O)C1O)c1ccco1. The zero-order valence-corrected chi connectivity index (χ0v) is 15.2. The highest BCUT2D eigenvalue weighted by Crippen LogP contribution is 2.30. The largest absolute Gasteiger partial charge is 0.459 e. The van der Waals surface area contributed by atoms with Crippen LogP contribution in [-0.4, -0.2) is 59.5 Å². The summed E-state index contributed by atoms with van der Waals surface area (Å²) in [6, 6.07) is 10.8. The average Bonchev–Trinajstić information content (AvgIpc) is 3.43. The van der Waals surface area contributed by atoms with Crippen molar-refractivity contribution in [2.45, 2.75) is 37.3 Å². The van der Waals surface area contributed by atoms with Crippen molar-refractivity contribution in [2.75, 3.05) is 18.0 Å². The predicted molar refractivity (Wildman–Crippen MR) is 98.8 cm³/mol. The van der Waals surface area contributed by atoms with Gasteiger partial charge in [-0.1, -0.05) is 18.2 Å². The molecule has 0 aliphatic carbocycles.